The summed E-state index contributed by atoms with van der Waals surface area (Å²) in [5.41, 5.74) is 7.93. The van der Waals surface area contributed by atoms with Crippen LogP contribution < -0.4 is 0 Å². The minimum atomic E-state index is 0.913. The maximum absolute atomic E-state index is 5.43. The highest BCUT2D eigenvalue weighted by atomic mass is 15.1. The first-order valence-corrected chi connectivity index (χ1v) is 14.3. The first-order valence-electron chi connectivity index (χ1n) is 14.3. The smallest absolute Gasteiger partial charge is 0.139 e. The van der Waals surface area contributed by atoms with Crippen LogP contribution in [0.4, 0.5) is 0 Å². The van der Waals surface area contributed by atoms with Crippen LogP contribution in [0, 0.1) is 0 Å². The third-order valence-corrected chi connectivity index (χ3v) is 8.49. The van der Waals surface area contributed by atoms with Crippen molar-refractivity contribution in [3.05, 3.63) is 152 Å². The van der Waals surface area contributed by atoms with Crippen LogP contribution >= 0.6 is 0 Å². The predicted molar refractivity (Wildman–Crippen MR) is 176 cm³/mol. The lowest BCUT2D eigenvalue weighted by atomic mass is 10.0. The van der Waals surface area contributed by atoms with Gasteiger partial charge in [0.05, 0.1) is 27.8 Å². The molecule has 0 aliphatic carbocycles. The zero-order chi connectivity index (χ0) is 27.6. The van der Waals surface area contributed by atoms with Crippen LogP contribution in [0.15, 0.2) is 152 Å². The van der Waals surface area contributed by atoms with Crippen LogP contribution in [0.2, 0.25) is 0 Å². The molecule has 0 N–H and O–H groups in total. The Labute approximate surface area is 242 Å². The average molecular weight is 536 g/mol. The van der Waals surface area contributed by atoms with Gasteiger partial charge in [-0.15, -0.1) is 0 Å². The molecule has 0 spiro atoms. The molecule has 9 rings (SSSR count). The van der Waals surface area contributed by atoms with E-state index in [0.29, 0.717) is 0 Å². The fourth-order valence-corrected chi connectivity index (χ4v) is 6.70. The van der Waals surface area contributed by atoms with Gasteiger partial charge in [-0.25, -0.2) is 4.98 Å². The second-order valence-electron chi connectivity index (χ2n) is 10.8. The second-order valence-corrected chi connectivity index (χ2v) is 10.8. The van der Waals surface area contributed by atoms with Crippen molar-refractivity contribution >= 4 is 54.4 Å². The van der Waals surface area contributed by atoms with Crippen LogP contribution in [-0.4, -0.2) is 14.1 Å². The summed E-state index contributed by atoms with van der Waals surface area (Å²) in [6, 6.07) is 54.0. The number of aromatic nitrogens is 3. The molecule has 3 heterocycles. The van der Waals surface area contributed by atoms with Gasteiger partial charge < -0.3 is 4.57 Å². The molecular weight excluding hydrogens is 510 g/mol. The van der Waals surface area contributed by atoms with E-state index in [1.165, 1.54) is 38.0 Å². The average Bonchev–Trinajstić information content (AvgIpc) is 3.58. The number of rotatable bonds is 3. The Balaban J connectivity index is 1.51. The Morgan fingerprint density at radius 3 is 1.62 bits per heavy atom. The van der Waals surface area contributed by atoms with Gasteiger partial charge in [0.25, 0.3) is 0 Å². The van der Waals surface area contributed by atoms with Crippen LogP contribution in [0.3, 0.4) is 0 Å². The maximum atomic E-state index is 5.43. The molecule has 42 heavy (non-hydrogen) atoms. The number of fused-ring (bicyclic) bond motifs is 8. The second kappa shape index (κ2) is 8.92. The summed E-state index contributed by atoms with van der Waals surface area (Å²) < 4.78 is 4.80. The lowest BCUT2D eigenvalue weighted by Gasteiger charge is -2.14. The molecule has 0 aliphatic heterocycles. The largest absolute Gasteiger partial charge is 0.307 e. The standard InChI is InChI=1S/C39H25N3/c1-3-13-26(14-4-1)37-29-18-8-7-15-27(29)25-36(40-37)42-35-22-12-10-20-31(35)33-24-23-32-30-19-9-11-21-34(30)41(38(32)39(33)42)28-16-5-2-6-17-28/h1-25H. The molecule has 3 heteroatoms. The summed E-state index contributed by atoms with van der Waals surface area (Å²) in [6.07, 6.45) is 0. The molecule has 0 radical (unpaired) electrons. The summed E-state index contributed by atoms with van der Waals surface area (Å²) in [5, 5.41) is 7.23. The van der Waals surface area contributed by atoms with Gasteiger partial charge in [0.2, 0.25) is 0 Å². The van der Waals surface area contributed by atoms with Crippen molar-refractivity contribution in [3.8, 4) is 22.8 Å². The predicted octanol–water partition coefficient (Wildman–Crippen LogP) is 10.1. The molecule has 9 aromatic rings. The molecule has 6 aromatic carbocycles. The number of benzene rings is 6. The fraction of sp³-hybridized carbons (Fsp3) is 0. The van der Waals surface area contributed by atoms with E-state index in [0.717, 1.165) is 39.2 Å². The molecular formula is C39H25N3. The van der Waals surface area contributed by atoms with Crippen LogP contribution in [-0.2, 0) is 0 Å². The van der Waals surface area contributed by atoms with Gasteiger partial charge >= 0.3 is 0 Å². The highest BCUT2D eigenvalue weighted by Gasteiger charge is 2.22. The third kappa shape index (κ3) is 3.25. The van der Waals surface area contributed by atoms with E-state index in [9.17, 15) is 0 Å². The number of hydrogen-bond donors (Lipinski definition) is 0. The van der Waals surface area contributed by atoms with Gasteiger partial charge in [-0.2, -0.15) is 0 Å². The number of nitrogens with zero attached hydrogens (tertiary/aromatic N) is 3. The van der Waals surface area contributed by atoms with E-state index >= 15 is 0 Å². The molecule has 0 aliphatic rings. The number of hydrogen-bond acceptors (Lipinski definition) is 1. The lowest BCUT2D eigenvalue weighted by Crippen LogP contribution is -2.02. The zero-order valence-corrected chi connectivity index (χ0v) is 22.8. The Morgan fingerprint density at radius 1 is 0.405 bits per heavy atom. The first-order chi connectivity index (χ1) is 20.9. The summed E-state index contributed by atoms with van der Waals surface area (Å²) in [4.78, 5) is 5.43. The van der Waals surface area contributed by atoms with Crippen molar-refractivity contribution < 1.29 is 0 Å². The van der Waals surface area contributed by atoms with E-state index in [1.807, 2.05) is 0 Å². The molecule has 3 nitrogen and oxygen atoms in total. The first kappa shape index (κ1) is 23.1. The Kier molecular flexibility index (Phi) is 4.90. The monoisotopic (exact) mass is 535 g/mol. The van der Waals surface area contributed by atoms with Gasteiger partial charge in [-0.3, -0.25) is 4.57 Å². The summed E-state index contributed by atoms with van der Waals surface area (Å²) in [5.74, 6) is 0.913. The van der Waals surface area contributed by atoms with Crippen molar-refractivity contribution in [3.63, 3.8) is 0 Å². The quantitative estimate of drug-likeness (QED) is 0.221. The molecule has 0 atom stereocenters. The molecule has 0 saturated carbocycles. The van der Waals surface area contributed by atoms with Crippen molar-refractivity contribution in [2.24, 2.45) is 0 Å². The summed E-state index contributed by atoms with van der Waals surface area (Å²) in [7, 11) is 0. The normalized spacial score (nSPS) is 11.8. The number of para-hydroxylation sites is 3. The van der Waals surface area contributed by atoms with Gasteiger partial charge in [0, 0.05) is 38.2 Å². The van der Waals surface area contributed by atoms with Crippen molar-refractivity contribution in [2.75, 3.05) is 0 Å². The van der Waals surface area contributed by atoms with Crippen LogP contribution in [0.5, 0.6) is 0 Å². The molecule has 0 fully saturated rings. The van der Waals surface area contributed by atoms with Crippen molar-refractivity contribution in [1.82, 2.24) is 14.1 Å². The lowest BCUT2D eigenvalue weighted by molar-refractivity contribution is 1.09. The molecule has 196 valence electrons. The highest BCUT2D eigenvalue weighted by Crippen LogP contribution is 2.42. The van der Waals surface area contributed by atoms with Crippen LogP contribution in [0.25, 0.3) is 77.1 Å². The third-order valence-electron chi connectivity index (χ3n) is 8.49. The summed E-state index contributed by atoms with van der Waals surface area (Å²) in [6.45, 7) is 0. The van der Waals surface area contributed by atoms with Gasteiger partial charge in [0.15, 0.2) is 0 Å². The highest BCUT2D eigenvalue weighted by molar-refractivity contribution is 6.23. The maximum Gasteiger partial charge on any atom is 0.139 e. The minimum Gasteiger partial charge on any atom is -0.307 e. The number of pyridine rings is 1. The molecule has 0 bridgehead atoms. The Hall–Kier alpha value is -5.67. The van der Waals surface area contributed by atoms with E-state index in [2.05, 4.69) is 161 Å². The molecule has 0 saturated heterocycles. The van der Waals surface area contributed by atoms with E-state index < -0.39 is 0 Å². The molecule has 0 amide bonds. The fourth-order valence-electron chi connectivity index (χ4n) is 6.70. The SMILES string of the molecule is c1ccc(-c2nc(-n3c4ccccc4c4ccc5c6ccccc6n(-c6ccccc6)c5c43)cc3ccccc23)cc1. The zero-order valence-electron chi connectivity index (χ0n) is 22.8. The van der Waals surface area contributed by atoms with E-state index in [1.54, 1.807) is 0 Å². The Morgan fingerprint density at radius 2 is 0.929 bits per heavy atom. The Bertz CT molecular complexity index is 2450. The van der Waals surface area contributed by atoms with Gasteiger partial charge in [-0.1, -0.05) is 121 Å². The minimum absolute atomic E-state index is 0.913. The van der Waals surface area contributed by atoms with Crippen LogP contribution in [0.1, 0.15) is 0 Å². The van der Waals surface area contributed by atoms with E-state index in [4.69, 9.17) is 4.98 Å². The van der Waals surface area contributed by atoms with Gasteiger partial charge in [0.1, 0.15) is 5.82 Å². The summed E-state index contributed by atoms with van der Waals surface area (Å²) >= 11 is 0. The van der Waals surface area contributed by atoms with Gasteiger partial charge in [-0.05, 0) is 35.7 Å². The van der Waals surface area contributed by atoms with E-state index in [-0.39, 0.29) is 0 Å². The molecule has 0 unspecified atom stereocenters. The molecule has 3 aromatic heterocycles. The van der Waals surface area contributed by atoms with Crippen molar-refractivity contribution in [2.45, 2.75) is 0 Å². The topological polar surface area (TPSA) is 22.8 Å². The van der Waals surface area contributed by atoms with Crippen molar-refractivity contribution in [1.29, 1.82) is 0 Å².